The van der Waals surface area contributed by atoms with Crippen molar-refractivity contribution in [2.45, 2.75) is 12.6 Å². The van der Waals surface area contributed by atoms with Crippen molar-refractivity contribution in [1.29, 1.82) is 0 Å². The van der Waals surface area contributed by atoms with Crippen LogP contribution in [0.2, 0.25) is 0 Å². The van der Waals surface area contributed by atoms with Gasteiger partial charge in [-0.3, -0.25) is 4.90 Å². The molecule has 4 rings (SSSR count). The quantitative estimate of drug-likeness (QED) is 0.610. The number of hydrogen-bond donors (Lipinski definition) is 1. The molecule has 0 amide bonds. The van der Waals surface area contributed by atoms with E-state index >= 15 is 0 Å². The van der Waals surface area contributed by atoms with Gasteiger partial charge in [-0.25, -0.2) is 9.37 Å². The molecule has 8 heteroatoms. The molecule has 1 unspecified atom stereocenters. The molecule has 1 aliphatic rings. The maximum absolute atomic E-state index is 14.9. The van der Waals surface area contributed by atoms with Crippen LogP contribution in [0.5, 0.6) is 11.5 Å². The van der Waals surface area contributed by atoms with E-state index in [0.29, 0.717) is 41.7 Å². The van der Waals surface area contributed by atoms with E-state index in [1.807, 2.05) is 30.1 Å². The summed E-state index contributed by atoms with van der Waals surface area (Å²) in [7, 11) is 5.07. The Balaban J connectivity index is 1.47. The summed E-state index contributed by atoms with van der Waals surface area (Å²) in [6, 6.07) is 10.8. The zero-order valence-corrected chi connectivity index (χ0v) is 18.7. The minimum Gasteiger partial charge on any atom is -0.493 e. The highest BCUT2D eigenvalue weighted by Gasteiger charge is 2.26. The number of rotatable bonds is 7. The van der Waals surface area contributed by atoms with Gasteiger partial charge in [0.05, 0.1) is 19.9 Å². The van der Waals surface area contributed by atoms with Crippen molar-refractivity contribution >= 4 is 5.69 Å². The SMILES string of the molecule is COc1ccc(CN2CCN(c3c(F)cccc3C(O)c3nccn3C)CC2)cc1OC. The molecule has 7 nitrogen and oxygen atoms in total. The molecule has 1 fully saturated rings. The van der Waals surface area contributed by atoms with Crippen LogP contribution in [0.25, 0.3) is 0 Å². The highest BCUT2D eigenvalue weighted by molar-refractivity contribution is 5.57. The molecule has 2 aromatic carbocycles. The van der Waals surface area contributed by atoms with Crippen molar-refractivity contribution in [1.82, 2.24) is 14.5 Å². The molecule has 1 atom stereocenters. The van der Waals surface area contributed by atoms with E-state index in [4.69, 9.17) is 9.47 Å². The van der Waals surface area contributed by atoms with Gasteiger partial charge in [-0.15, -0.1) is 0 Å². The van der Waals surface area contributed by atoms with E-state index in [9.17, 15) is 9.50 Å². The Labute approximate surface area is 187 Å². The van der Waals surface area contributed by atoms with Gasteiger partial charge in [-0.05, 0) is 23.8 Å². The number of piperazine rings is 1. The third kappa shape index (κ3) is 4.42. The minimum absolute atomic E-state index is 0.330. The molecule has 0 aliphatic carbocycles. The van der Waals surface area contributed by atoms with Crippen LogP contribution in [0.15, 0.2) is 48.8 Å². The van der Waals surface area contributed by atoms with Crippen molar-refractivity contribution in [3.05, 3.63) is 71.6 Å². The highest BCUT2D eigenvalue weighted by Crippen LogP contribution is 2.33. The first kappa shape index (κ1) is 22.1. The zero-order chi connectivity index (χ0) is 22.7. The van der Waals surface area contributed by atoms with E-state index in [1.165, 1.54) is 6.07 Å². The van der Waals surface area contributed by atoms with Gasteiger partial charge in [0, 0.05) is 57.7 Å². The molecule has 1 N–H and O–H groups in total. The molecule has 2 heterocycles. The fourth-order valence-corrected chi connectivity index (χ4v) is 4.23. The van der Waals surface area contributed by atoms with E-state index in [0.717, 1.165) is 25.2 Å². The first-order valence-corrected chi connectivity index (χ1v) is 10.6. The lowest BCUT2D eigenvalue weighted by molar-refractivity contribution is 0.205. The summed E-state index contributed by atoms with van der Waals surface area (Å²) in [5.41, 5.74) is 2.12. The molecule has 1 aromatic heterocycles. The number of aliphatic hydroxyl groups is 1. The second-order valence-electron chi connectivity index (χ2n) is 7.93. The molecule has 32 heavy (non-hydrogen) atoms. The lowest BCUT2D eigenvalue weighted by atomic mass is 10.0. The third-order valence-electron chi connectivity index (χ3n) is 5.96. The molecule has 0 spiro atoms. The van der Waals surface area contributed by atoms with Gasteiger partial charge in [0.1, 0.15) is 17.7 Å². The van der Waals surface area contributed by atoms with E-state index in [-0.39, 0.29) is 5.82 Å². The monoisotopic (exact) mass is 440 g/mol. The van der Waals surface area contributed by atoms with E-state index in [1.54, 1.807) is 43.3 Å². The Morgan fingerprint density at radius 2 is 1.81 bits per heavy atom. The zero-order valence-electron chi connectivity index (χ0n) is 18.7. The van der Waals surface area contributed by atoms with Crippen LogP contribution in [-0.4, -0.2) is 60.0 Å². The van der Waals surface area contributed by atoms with Crippen molar-refractivity contribution in [2.75, 3.05) is 45.3 Å². The summed E-state index contributed by atoms with van der Waals surface area (Å²) < 4.78 is 27.4. The van der Waals surface area contributed by atoms with Gasteiger partial charge >= 0.3 is 0 Å². The molecular formula is C24H29FN4O3. The largest absolute Gasteiger partial charge is 0.493 e. The predicted octanol–water partition coefficient (Wildman–Crippen LogP) is 2.98. The summed E-state index contributed by atoms with van der Waals surface area (Å²) in [6.07, 6.45) is 2.40. The Morgan fingerprint density at radius 3 is 2.47 bits per heavy atom. The first-order chi connectivity index (χ1) is 15.5. The number of hydrogen-bond acceptors (Lipinski definition) is 6. The average molecular weight is 441 g/mol. The smallest absolute Gasteiger partial charge is 0.161 e. The average Bonchev–Trinajstić information content (AvgIpc) is 3.24. The number of halogens is 1. The number of imidazole rings is 1. The Hall–Kier alpha value is -3.10. The molecule has 1 saturated heterocycles. The van der Waals surface area contributed by atoms with Gasteiger partial charge in [0.25, 0.3) is 0 Å². The minimum atomic E-state index is -0.995. The summed E-state index contributed by atoms with van der Waals surface area (Å²) >= 11 is 0. The maximum atomic E-state index is 14.9. The van der Waals surface area contributed by atoms with Crippen molar-refractivity contribution < 1.29 is 19.0 Å². The van der Waals surface area contributed by atoms with Gasteiger partial charge in [-0.2, -0.15) is 0 Å². The Kier molecular flexibility index (Phi) is 6.62. The summed E-state index contributed by atoms with van der Waals surface area (Å²) in [5.74, 6) is 1.58. The number of aryl methyl sites for hydroxylation is 1. The number of para-hydroxylation sites is 1. The molecule has 0 bridgehead atoms. The molecule has 3 aromatic rings. The Morgan fingerprint density at radius 1 is 1.06 bits per heavy atom. The highest BCUT2D eigenvalue weighted by atomic mass is 19.1. The maximum Gasteiger partial charge on any atom is 0.161 e. The summed E-state index contributed by atoms with van der Waals surface area (Å²) in [6.45, 7) is 3.65. The van der Waals surface area contributed by atoms with Crippen LogP contribution < -0.4 is 14.4 Å². The van der Waals surface area contributed by atoms with Crippen LogP contribution in [-0.2, 0) is 13.6 Å². The van der Waals surface area contributed by atoms with Crippen molar-refractivity contribution in [3.63, 3.8) is 0 Å². The second-order valence-corrected chi connectivity index (χ2v) is 7.93. The normalized spacial score (nSPS) is 15.6. The number of anilines is 1. The fourth-order valence-electron chi connectivity index (χ4n) is 4.23. The Bertz CT molecular complexity index is 1060. The van der Waals surface area contributed by atoms with E-state index in [2.05, 4.69) is 9.88 Å². The first-order valence-electron chi connectivity index (χ1n) is 10.6. The topological polar surface area (TPSA) is 63.0 Å². The molecular weight excluding hydrogens is 411 g/mol. The molecule has 170 valence electrons. The van der Waals surface area contributed by atoms with Gasteiger partial charge in [-0.1, -0.05) is 18.2 Å². The predicted molar refractivity (Wildman–Crippen MR) is 121 cm³/mol. The van der Waals surface area contributed by atoms with Gasteiger partial charge < -0.3 is 24.0 Å². The molecule has 0 saturated carbocycles. The van der Waals surface area contributed by atoms with Crippen molar-refractivity contribution in [3.8, 4) is 11.5 Å². The van der Waals surface area contributed by atoms with Crippen LogP contribution >= 0.6 is 0 Å². The van der Waals surface area contributed by atoms with Gasteiger partial charge in [0.2, 0.25) is 0 Å². The lowest BCUT2D eigenvalue weighted by Gasteiger charge is -2.37. The molecule has 0 radical (unpaired) electrons. The lowest BCUT2D eigenvalue weighted by Crippen LogP contribution is -2.46. The van der Waals surface area contributed by atoms with Crippen LogP contribution in [0, 0.1) is 5.82 Å². The number of nitrogens with zero attached hydrogens (tertiary/aromatic N) is 4. The van der Waals surface area contributed by atoms with Crippen LogP contribution in [0.3, 0.4) is 0 Å². The van der Waals surface area contributed by atoms with Crippen molar-refractivity contribution in [2.24, 2.45) is 7.05 Å². The number of ether oxygens (including phenoxy) is 2. The van der Waals surface area contributed by atoms with Crippen LogP contribution in [0.1, 0.15) is 23.1 Å². The van der Waals surface area contributed by atoms with Crippen LogP contribution in [0.4, 0.5) is 10.1 Å². The standard InChI is InChI=1S/C24H29FN4O3/c1-27-10-9-26-24(27)23(30)18-5-4-6-19(25)22(18)29-13-11-28(12-14-29)16-17-7-8-20(31-2)21(15-17)32-3/h4-10,15,23,30H,11-14,16H2,1-3H3. The number of benzene rings is 2. The van der Waals surface area contributed by atoms with Gasteiger partial charge in [0.15, 0.2) is 11.5 Å². The van der Waals surface area contributed by atoms with E-state index < -0.39 is 6.10 Å². The molecule has 1 aliphatic heterocycles. The summed E-state index contributed by atoms with van der Waals surface area (Å²) in [4.78, 5) is 8.58. The third-order valence-corrected chi connectivity index (χ3v) is 5.96. The second kappa shape index (κ2) is 9.58. The number of methoxy groups -OCH3 is 2. The number of aliphatic hydroxyl groups excluding tert-OH is 1. The fraction of sp³-hybridized carbons (Fsp3) is 0.375. The summed E-state index contributed by atoms with van der Waals surface area (Å²) in [5, 5.41) is 10.9. The number of aromatic nitrogens is 2.